The lowest BCUT2D eigenvalue weighted by Gasteiger charge is -2.29. The van der Waals surface area contributed by atoms with E-state index in [1.54, 1.807) is 0 Å². The molecule has 122 valence electrons. The van der Waals surface area contributed by atoms with Gasteiger partial charge in [-0.05, 0) is 60.1 Å². The van der Waals surface area contributed by atoms with E-state index in [1.807, 2.05) is 30.5 Å². The van der Waals surface area contributed by atoms with Crippen molar-refractivity contribution in [2.45, 2.75) is 33.1 Å². The van der Waals surface area contributed by atoms with Crippen LogP contribution in [-0.2, 0) is 12.8 Å². The van der Waals surface area contributed by atoms with Crippen molar-refractivity contribution in [2.75, 3.05) is 0 Å². The van der Waals surface area contributed by atoms with E-state index in [2.05, 4.69) is 42.0 Å². The summed E-state index contributed by atoms with van der Waals surface area (Å²) < 4.78 is 0. The number of nitrogens with one attached hydrogen (secondary N) is 1. The van der Waals surface area contributed by atoms with Gasteiger partial charge < -0.3 is 4.98 Å². The molecule has 1 aliphatic carbocycles. The number of aromatic nitrogens is 2. The van der Waals surface area contributed by atoms with Crippen LogP contribution in [0.2, 0.25) is 5.02 Å². The molecule has 4 rings (SSSR count). The largest absolute Gasteiger partial charge is 0.356 e. The van der Waals surface area contributed by atoms with Gasteiger partial charge in [-0.25, -0.2) is 0 Å². The predicted octanol–water partition coefficient (Wildman–Crippen LogP) is 5.91. The lowest BCUT2D eigenvalue weighted by atomic mass is 9.76. The quantitative estimate of drug-likeness (QED) is 0.619. The SMILES string of the molecule is CC1(C)CCc2c([nH]c(-c3ccccn3)c2-c2cccc(Cl)c2)C1. The fourth-order valence-electron chi connectivity index (χ4n) is 3.71. The fraction of sp³-hybridized carbons (Fsp3) is 0.286. The zero-order valence-electron chi connectivity index (χ0n) is 14.1. The maximum atomic E-state index is 6.26. The molecular formula is C21H21ClN2. The highest BCUT2D eigenvalue weighted by Gasteiger charge is 2.30. The van der Waals surface area contributed by atoms with Gasteiger partial charge in [0.15, 0.2) is 0 Å². The first kappa shape index (κ1) is 15.5. The highest BCUT2D eigenvalue weighted by atomic mass is 35.5. The van der Waals surface area contributed by atoms with Crippen molar-refractivity contribution >= 4 is 11.6 Å². The number of benzene rings is 1. The zero-order valence-corrected chi connectivity index (χ0v) is 14.8. The minimum atomic E-state index is 0.338. The van der Waals surface area contributed by atoms with Gasteiger partial charge in [0.05, 0.1) is 11.4 Å². The molecule has 0 saturated carbocycles. The smallest absolute Gasteiger partial charge is 0.0870 e. The molecule has 0 amide bonds. The first-order valence-corrected chi connectivity index (χ1v) is 8.82. The third kappa shape index (κ3) is 2.76. The van der Waals surface area contributed by atoms with Gasteiger partial charge in [0.25, 0.3) is 0 Å². The van der Waals surface area contributed by atoms with Gasteiger partial charge >= 0.3 is 0 Å². The van der Waals surface area contributed by atoms with Crippen LogP contribution >= 0.6 is 11.6 Å². The van der Waals surface area contributed by atoms with Crippen molar-refractivity contribution in [3.63, 3.8) is 0 Å². The van der Waals surface area contributed by atoms with Crippen LogP contribution in [0.25, 0.3) is 22.5 Å². The van der Waals surface area contributed by atoms with E-state index in [1.165, 1.54) is 28.8 Å². The molecule has 0 unspecified atom stereocenters. The van der Waals surface area contributed by atoms with E-state index < -0.39 is 0 Å². The van der Waals surface area contributed by atoms with E-state index in [9.17, 15) is 0 Å². The Morgan fingerprint density at radius 2 is 2.00 bits per heavy atom. The lowest BCUT2D eigenvalue weighted by Crippen LogP contribution is -2.21. The van der Waals surface area contributed by atoms with Crippen LogP contribution in [0.3, 0.4) is 0 Å². The number of halogens is 1. The summed E-state index contributed by atoms with van der Waals surface area (Å²) in [7, 11) is 0. The average Bonchev–Trinajstić information content (AvgIpc) is 2.93. The van der Waals surface area contributed by atoms with Gasteiger partial charge in [-0.3, -0.25) is 4.98 Å². The topological polar surface area (TPSA) is 28.7 Å². The fourth-order valence-corrected chi connectivity index (χ4v) is 3.90. The average molecular weight is 337 g/mol. The summed E-state index contributed by atoms with van der Waals surface area (Å²) >= 11 is 6.26. The second kappa shape index (κ2) is 5.78. The summed E-state index contributed by atoms with van der Waals surface area (Å²) in [5, 5.41) is 0.769. The number of hydrogen-bond donors (Lipinski definition) is 1. The molecule has 2 heterocycles. The van der Waals surface area contributed by atoms with Crippen molar-refractivity contribution in [1.82, 2.24) is 9.97 Å². The van der Waals surface area contributed by atoms with Crippen LogP contribution in [0.5, 0.6) is 0 Å². The second-order valence-corrected chi connectivity index (χ2v) is 7.83. The van der Waals surface area contributed by atoms with Crippen LogP contribution in [0, 0.1) is 5.41 Å². The van der Waals surface area contributed by atoms with Gasteiger partial charge in [-0.1, -0.05) is 43.6 Å². The van der Waals surface area contributed by atoms with Gasteiger partial charge in [-0.15, -0.1) is 0 Å². The summed E-state index contributed by atoms with van der Waals surface area (Å²) in [5.41, 5.74) is 7.65. The molecule has 2 nitrogen and oxygen atoms in total. The molecule has 0 atom stereocenters. The molecule has 0 saturated heterocycles. The monoisotopic (exact) mass is 336 g/mol. The number of hydrogen-bond acceptors (Lipinski definition) is 1. The van der Waals surface area contributed by atoms with Crippen LogP contribution in [0.15, 0.2) is 48.7 Å². The van der Waals surface area contributed by atoms with E-state index in [0.717, 1.165) is 29.3 Å². The lowest BCUT2D eigenvalue weighted by molar-refractivity contribution is 0.312. The molecule has 3 heteroatoms. The van der Waals surface area contributed by atoms with E-state index in [-0.39, 0.29) is 0 Å². The van der Waals surface area contributed by atoms with Crippen molar-refractivity contribution in [3.05, 3.63) is 64.9 Å². The predicted molar refractivity (Wildman–Crippen MR) is 100 cm³/mol. The maximum absolute atomic E-state index is 6.26. The Bertz CT molecular complexity index is 878. The minimum absolute atomic E-state index is 0.338. The van der Waals surface area contributed by atoms with Crippen molar-refractivity contribution < 1.29 is 0 Å². The molecular weight excluding hydrogens is 316 g/mol. The Morgan fingerprint density at radius 1 is 1.12 bits per heavy atom. The molecule has 1 aliphatic rings. The summed E-state index contributed by atoms with van der Waals surface area (Å²) in [5.74, 6) is 0. The minimum Gasteiger partial charge on any atom is -0.356 e. The second-order valence-electron chi connectivity index (χ2n) is 7.40. The molecule has 0 spiro atoms. The number of aromatic amines is 1. The molecule has 24 heavy (non-hydrogen) atoms. The van der Waals surface area contributed by atoms with Crippen molar-refractivity contribution in [1.29, 1.82) is 0 Å². The molecule has 0 fully saturated rings. The van der Waals surface area contributed by atoms with Crippen LogP contribution in [-0.4, -0.2) is 9.97 Å². The van der Waals surface area contributed by atoms with Crippen LogP contribution in [0.4, 0.5) is 0 Å². The standard InChI is InChI=1S/C21H21ClN2/c1-21(2)10-9-16-18(13-21)24-20(17-8-3-4-11-23-17)19(16)14-6-5-7-15(22)12-14/h3-8,11-12,24H,9-10,13H2,1-2H3. The molecule has 0 bridgehead atoms. The first-order valence-electron chi connectivity index (χ1n) is 8.45. The Morgan fingerprint density at radius 3 is 2.75 bits per heavy atom. The van der Waals surface area contributed by atoms with Gasteiger partial charge in [0, 0.05) is 22.5 Å². The number of fused-ring (bicyclic) bond motifs is 1. The van der Waals surface area contributed by atoms with Gasteiger partial charge in [0.2, 0.25) is 0 Å². The molecule has 0 aliphatic heterocycles. The summed E-state index contributed by atoms with van der Waals surface area (Å²) in [6, 6.07) is 14.2. The van der Waals surface area contributed by atoms with E-state index in [4.69, 9.17) is 11.6 Å². The highest BCUT2D eigenvalue weighted by Crippen LogP contribution is 2.43. The van der Waals surface area contributed by atoms with E-state index >= 15 is 0 Å². The summed E-state index contributed by atoms with van der Waals surface area (Å²) in [6.45, 7) is 4.69. The first-order chi connectivity index (χ1) is 11.5. The number of pyridine rings is 1. The molecule has 1 aromatic carbocycles. The number of nitrogens with zero attached hydrogens (tertiary/aromatic N) is 1. The van der Waals surface area contributed by atoms with Crippen molar-refractivity contribution in [3.8, 4) is 22.5 Å². The Hall–Kier alpha value is -2.06. The Balaban J connectivity index is 1.95. The molecule has 2 aromatic heterocycles. The highest BCUT2D eigenvalue weighted by molar-refractivity contribution is 6.30. The molecule has 3 aromatic rings. The number of rotatable bonds is 2. The summed E-state index contributed by atoms with van der Waals surface area (Å²) in [4.78, 5) is 8.26. The Kier molecular flexibility index (Phi) is 3.73. The maximum Gasteiger partial charge on any atom is 0.0870 e. The van der Waals surface area contributed by atoms with Crippen molar-refractivity contribution in [2.24, 2.45) is 5.41 Å². The van der Waals surface area contributed by atoms with Gasteiger partial charge in [0.1, 0.15) is 0 Å². The molecule has 0 radical (unpaired) electrons. The zero-order chi connectivity index (χ0) is 16.7. The van der Waals surface area contributed by atoms with Crippen LogP contribution in [0.1, 0.15) is 31.5 Å². The van der Waals surface area contributed by atoms with Gasteiger partial charge in [-0.2, -0.15) is 0 Å². The Labute approximate surface area is 147 Å². The summed E-state index contributed by atoms with van der Waals surface area (Å²) in [6.07, 6.45) is 5.21. The normalized spacial score (nSPS) is 16.0. The number of H-pyrrole nitrogens is 1. The third-order valence-electron chi connectivity index (χ3n) is 4.93. The van der Waals surface area contributed by atoms with Crippen LogP contribution < -0.4 is 0 Å². The van der Waals surface area contributed by atoms with E-state index in [0.29, 0.717) is 5.41 Å². The third-order valence-corrected chi connectivity index (χ3v) is 5.17. The molecule has 1 N–H and O–H groups in total.